The first kappa shape index (κ1) is 29.4. The second-order valence-electron chi connectivity index (χ2n) is 13.8. The summed E-state index contributed by atoms with van der Waals surface area (Å²) >= 11 is 0. The van der Waals surface area contributed by atoms with Gasteiger partial charge in [0.25, 0.3) is 0 Å². The number of rotatable bonds is 7. The number of anilines is 1. The van der Waals surface area contributed by atoms with E-state index < -0.39 is 34.6 Å². The molecule has 2 aromatic carbocycles. The molecular formula is C35H43N3O5. The molecule has 3 fully saturated rings. The van der Waals surface area contributed by atoms with E-state index in [1.54, 1.807) is 12.0 Å². The Kier molecular flexibility index (Phi) is 7.40. The summed E-state index contributed by atoms with van der Waals surface area (Å²) in [6, 6.07) is 14.6. The maximum absolute atomic E-state index is 14.5. The number of hydrogen-bond acceptors (Lipinski definition) is 5. The van der Waals surface area contributed by atoms with Crippen molar-refractivity contribution in [3.05, 3.63) is 71.8 Å². The van der Waals surface area contributed by atoms with Gasteiger partial charge in [-0.15, -0.1) is 0 Å². The van der Waals surface area contributed by atoms with Crippen LogP contribution >= 0.6 is 0 Å². The zero-order valence-electron chi connectivity index (χ0n) is 25.8. The highest BCUT2D eigenvalue weighted by Crippen LogP contribution is 2.60. The van der Waals surface area contributed by atoms with Crippen LogP contribution in [0.25, 0.3) is 0 Å². The molecule has 2 bridgehead atoms. The molecule has 4 aliphatic rings. The molecule has 1 spiro atoms. The van der Waals surface area contributed by atoms with Crippen molar-refractivity contribution in [2.75, 3.05) is 12.0 Å². The molecular weight excluding hydrogens is 542 g/mol. The van der Waals surface area contributed by atoms with Gasteiger partial charge in [-0.1, -0.05) is 55.7 Å². The Hall–Kier alpha value is -3.65. The van der Waals surface area contributed by atoms with Crippen LogP contribution < -0.4 is 20.3 Å². The fourth-order valence-electron chi connectivity index (χ4n) is 7.64. The van der Waals surface area contributed by atoms with Gasteiger partial charge in [-0.25, -0.2) is 0 Å². The van der Waals surface area contributed by atoms with Gasteiger partial charge in [0.2, 0.25) is 17.7 Å². The van der Waals surface area contributed by atoms with Crippen molar-refractivity contribution >= 4 is 23.4 Å². The molecule has 2 N–H and O–H groups in total. The zero-order valence-corrected chi connectivity index (χ0v) is 25.8. The van der Waals surface area contributed by atoms with Crippen LogP contribution in [0.15, 0.2) is 60.7 Å². The summed E-state index contributed by atoms with van der Waals surface area (Å²) in [4.78, 5) is 44.0. The van der Waals surface area contributed by atoms with Gasteiger partial charge < -0.3 is 20.1 Å². The van der Waals surface area contributed by atoms with Crippen LogP contribution in [-0.4, -0.2) is 47.6 Å². The molecule has 3 amide bonds. The van der Waals surface area contributed by atoms with Crippen molar-refractivity contribution < 1.29 is 23.9 Å². The van der Waals surface area contributed by atoms with Crippen molar-refractivity contribution in [1.82, 2.24) is 10.6 Å². The predicted molar refractivity (Wildman–Crippen MR) is 165 cm³/mol. The molecule has 1 aliphatic carbocycles. The number of carbonyl (C=O) groups excluding carboxylic acids is 3. The minimum absolute atomic E-state index is 0.267. The summed E-state index contributed by atoms with van der Waals surface area (Å²) in [5.41, 5.74) is 0.0285. The van der Waals surface area contributed by atoms with E-state index in [4.69, 9.17) is 9.47 Å². The number of hydrogen-bond donors (Lipinski definition) is 2. The lowest BCUT2D eigenvalue weighted by Gasteiger charge is -2.35. The van der Waals surface area contributed by atoms with Crippen molar-refractivity contribution in [1.29, 1.82) is 0 Å². The van der Waals surface area contributed by atoms with Crippen LogP contribution in [0.4, 0.5) is 5.69 Å². The molecule has 8 nitrogen and oxygen atoms in total. The molecule has 6 rings (SSSR count). The molecule has 3 heterocycles. The Morgan fingerprint density at radius 2 is 1.65 bits per heavy atom. The average Bonchev–Trinajstić information content (AvgIpc) is 3.56. The number of ether oxygens (including phenoxy) is 2. The first-order valence-corrected chi connectivity index (χ1v) is 15.5. The Labute approximate surface area is 254 Å². The van der Waals surface area contributed by atoms with Crippen LogP contribution in [-0.2, 0) is 25.7 Å². The lowest BCUT2D eigenvalue weighted by Crippen LogP contribution is -2.58. The fraction of sp³-hybridized carbons (Fsp3) is 0.514. The third kappa shape index (κ3) is 5.13. The molecule has 1 saturated carbocycles. The van der Waals surface area contributed by atoms with Gasteiger partial charge in [-0.3, -0.25) is 19.3 Å². The number of carbonyl (C=O) groups is 3. The van der Waals surface area contributed by atoms with Gasteiger partial charge in [0.05, 0.1) is 24.5 Å². The van der Waals surface area contributed by atoms with E-state index in [0.29, 0.717) is 18.2 Å². The zero-order chi connectivity index (χ0) is 30.6. The van der Waals surface area contributed by atoms with Crippen LogP contribution in [0.1, 0.15) is 76.8 Å². The number of benzene rings is 2. The molecule has 228 valence electrons. The minimum Gasteiger partial charge on any atom is -0.497 e. The molecule has 3 aliphatic heterocycles. The number of amides is 3. The topological polar surface area (TPSA) is 97.0 Å². The highest BCUT2D eigenvalue weighted by atomic mass is 16.5. The second kappa shape index (κ2) is 10.8. The van der Waals surface area contributed by atoms with Crippen molar-refractivity contribution in [3.8, 4) is 5.75 Å². The third-order valence-electron chi connectivity index (χ3n) is 9.60. The molecule has 43 heavy (non-hydrogen) atoms. The molecule has 2 saturated heterocycles. The first-order chi connectivity index (χ1) is 20.5. The molecule has 8 heteroatoms. The van der Waals surface area contributed by atoms with Gasteiger partial charge in [-0.05, 0) is 81.8 Å². The summed E-state index contributed by atoms with van der Waals surface area (Å²) in [6.07, 6.45) is 9.82. The summed E-state index contributed by atoms with van der Waals surface area (Å²) in [5, 5.41) is 6.12. The molecule has 0 unspecified atom stereocenters. The molecule has 0 radical (unpaired) electrons. The SMILES string of the molecule is COc1ccc(CNC(=O)[C@H]2[C@H]3C(=O)N(c4ccc(C5CCCCC5)cc4)[C@H](C(=O)NC(C)(C)C)[C@]34C=C[C@]2(C)O4)cc1. The number of fused-ring (bicyclic) bond motifs is 1. The average molecular weight is 586 g/mol. The lowest BCUT2D eigenvalue weighted by atomic mass is 9.70. The number of nitrogens with zero attached hydrogens (tertiary/aromatic N) is 1. The van der Waals surface area contributed by atoms with E-state index >= 15 is 0 Å². The van der Waals surface area contributed by atoms with E-state index in [2.05, 4.69) is 22.8 Å². The van der Waals surface area contributed by atoms with Crippen LogP contribution in [0, 0.1) is 11.8 Å². The maximum Gasteiger partial charge on any atom is 0.246 e. The first-order valence-electron chi connectivity index (χ1n) is 15.5. The van der Waals surface area contributed by atoms with Crippen molar-refractivity contribution in [3.63, 3.8) is 0 Å². The highest BCUT2D eigenvalue weighted by Gasteiger charge is 2.76. The summed E-state index contributed by atoms with van der Waals surface area (Å²) < 4.78 is 11.9. The van der Waals surface area contributed by atoms with E-state index in [1.807, 2.05) is 76.2 Å². The summed E-state index contributed by atoms with van der Waals surface area (Å²) in [6.45, 7) is 7.88. The second-order valence-corrected chi connectivity index (χ2v) is 13.8. The Morgan fingerprint density at radius 1 is 0.977 bits per heavy atom. The third-order valence-corrected chi connectivity index (χ3v) is 9.60. The Balaban J connectivity index is 1.32. The molecule has 2 aromatic rings. The Bertz CT molecular complexity index is 1420. The largest absolute Gasteiger partial charge is 0.497 e. The van der Waals surface area contributed by atoms with Crippen molar-refractivity contribution in [2.45, 2.75) is 95.0 Å². The number of methoxy groups -OCH3 is 1. The van der Waals surface area contributed by atoms with Gasteiger partial charge in [-0.2, -0.15) is 0 Å². The van der Waals surface area contributed by atoms with Gasteiger partial charge in [0.1, 0.15) is 17.4 Å². The quantitative estimate of drug-likeness (QED) is 0.445. The van der Waals surface area contributed by atoms with E-state index in [9.17, 15) is 14.4 Å². The van der Waals surface area contributed by atoms with E-state index in [0.717, 1.165) is 11.3 Å². The van der Waals surface area contributed by atoms with Gasteiger partial charge in [0.15, 0.2) is 0 Å². The fourth-order valence-corrected chi connectivity index (χ4v) is 7.64. The summed E-state index contributed by atoms with van der Waals surface area (Å²) in [5.74, 6) is -1.21. The normalized spacial score (nSPS) is 29.9. The highest BCUT2D eigenvalue weighted by molar-refractivity contribution is 6.10. The monoisotopic (exact) mass is 585 g/mol. The standard InChI is InChI=1S/C35H43N3O5/c1-33(2,3)37-31(40)29-35-20-19-34(4,43-35)27(30(39)36-21-22-11-17-26(42-5)18-12-22)28(35)32(41)38(29)25-15-13-24(14-16-25)23-9-7-6-8-10-23/h11-20,23,27-29H,6-10,21H2,1-5H3,(H,36,39)(H,37,40)/t27-,28+,29-,34+,35+/m1/s1. The van der Waals surface area contributed by atoms with Crippen molar-refractivity contribution in [2.24, 2.45) is 11.8 Å². The molecule has 5 atom stereocenters. The van der Waals surface area contributed by atoms with Crippen LogP contribution in [0.5, 0.6) is 5.75 Å². The smallest absolute Gasteiger partial charge is 0.246 e. The van der Waals surface area contributed by atoms with E-state index in [-0.39, 0.29) is 17.7 Å². The minimum atomic E-state index is -1.26. The van der Waals surface area contributed by atoms with E-state index in [1.165, 1.54) is 37.7 Å². The van der Waals surface area contributed by atoms with Gasteiger partial charge >= 0.3 is 0 Å². The van der Waals surface area contributed by atoms with Crippen LogP contribution in [0.2, 0.25) is 0 Å². The van der Waals surface area contributed by atoms with Crippen LogP contribution in [0.3, 0.4) is 0 Å². The number of nitrogens with one attached hydrogen (secondary N) is 2. The predicted octanol–water partition coefficient (Wildman–Crippen LogP) is 5.02. The lowest BCUT2D eigenvalue weighted by molar-refractivity contribution is -0.134. The summed E-state index contributed by atoms with van der Waals surface area (Å²) in [7, 11) is 1.61. The molecule has 0 aromatic heterocycles. The van der Waals surface area contributed by atoms with Gasteiger partial charge in [0, 0.05) is 17.8 Å². The Morgan fingerprint density at radius 3 is 2.28 bits per heavy atom. The maximum atomic E-state index is 14.5.